The van der Waals surface area contributed by atoms with Gasteiger partial charge in [-0.25, -0.2) is 4.98 Å². The number of amides is 1. The molecule has 1 saturated carbocycles. The molecule has 1 aliphatic heterocycles. The maximum absolute atomic E-state index is 12.6. The van der Waals surface area contributed by atoms with E-state index in [4.69, 9.17) is 0 Å². The molecule has 0 bridgehead atoms. The van der Waals surface area contributed by atoms with Crippen molar-refractivity contribution in [1.82, 2.24) is 25.6 Å². The SMILES string of the molecule is O=C1CCc2cnc(Nc3ccc(-c4nn[nH]n4)cc3)cc2N1C1CCCC1. The van der Waals surface area contributed by atoms with Gasteiger partial charge in [0.25, 0.3) is 0 Å². The number of hydrogen-bond donors (Lipinski definition) is 2. The summed E-state index contributed by atoms with van der Waals surface area (Å²) in [4.78, 5) is 19.2. The number of rotatable bonds is 4. The Balaban J connectivity index is 1.40. The van der Waals surface area contributed by atoms with Gasteiger partial charge in [0.1, 0.15) is 5.82 Å². The minimum atomic E-state index is 0.237. The van der Waals surface area contributed by atoms with Crippen LogP contribution < -0.4 is 10.2 Å². The third kappa shape index (κ3) is 3.11. The highest BCUT2D eigenvalue weighted by Gasteiger charge is 2.32. The van der Waals surface area contributed by atoms with Crippen LogP contribution in [0, 0.1) is 0 Å². The fourth-order valence-corrected chi connectivity index (χ4v) is 4.15. The van der Waals surface area contributed by atoms with Crippen molar-refractivity contribution in [1.29, 1.82) is 0 Å². The smallest absolute Gasteiger partial charge is 0.227 e. The fourth-order valence-electron chi connectivity index (χ4n) is 4.15. The molecule has 2 aromatic heterocycles. The standard InChI is InChI=1S/C20H21N7O/c28-19-10-7-14-12-21-18(11-17(14)27(19)16-3-1-2-4-16)22-15-8-5-13(6-9-15)20-23-25-26-24-20/h5-6,8-9,11-12,16H,1-4,7,10H2,(H,21,22)(H,23,24,25,26). The molecule has 1 fully saturated rings. The van der Waals surface area contributed by atoms with Crippen molar-refractivity contribution in [3.05, 3.63) is 42.1 Å². The lowest BCUT2D eigenvalue weighted by Crippen LogP contribution is -2.42. The molecule has 2 N–H and O–H groups in total. The third-order valence-corrected chi connectivity index (χ3v) is 5.55. The number of nitrogens with one attached hydrogen (secondary N) is 2. The van der Waals surface area contributed by atoms with Crippen LogP contribution in [0.5, 0.6) is 0 Å². The molecule has 8 heteroatoms. The van der Waals surface area contributed by atoms with E-state index >= 15 is 0 Å². The van der Waals surface area contributed by atoms with E-state index in [0.717, 1.165) is 47.6 Å². The van der Waals surface area contributed by atoms with Crippen molar-refractivity contribution in [2.24, 2.45) is 0 Å². The molecule has 0 radical (unpaired) electrons. The summed E-state index contributed by atoms with van der Waals surface area (Å²) in [6.45, 7) is 0. The Morgan fingerprint density at radius 3 is 2.68 bits per heavy atom. The summed E-state index contributed by atoms with van der Waals surface area (Å²) in [5.41, 5.74) is 3.97. The molecule has 0 saturated heterocycles. The van der Waals surface area contributed by atoms with Crippen LogP contribution in [0.3, 0.4) is 0 Å². The molecule has 0 unspecified atom stereocenters. The van der Waals surface area contributed by atoms with Gasteiger partial charge in [-0.3, -0.25) is 4.79 Å². The molecule has 3 aromatic rings. The second kappa shape index (κ2) is 7.03. The van der Waals surface area contributed by atoms with Crippen LogP contribution in [0.2, 0.25) is 0 Å². The van der Waals surface area contributed by atoms with E-state index < -0.39 is 0 Å². The first-order valence-corrected chi connectivity index (χ1v) is 9.70. The average Bonchev–Trinajstić information content (AvgIpc) is 3.43. The van der Waals surface area contributed by atoms with Crippen LogP contribution in [0.1, 0.15) is 37.7 Å². The van der Waals surface area contributed by atoms with Crippen molar-refractivity contribution in [2.75, 3.05) is 10.2 Å². The monoisotopic (exact) mass is 375 g/mol. The minimum absolute atomic E-state index is 0.237. The molecule has 5 rings (SSSR count). The molecule has 142 valence electrons. The maximum Gasteiger partial charge on any atom is 0.227 e. The van der Waals surface area contributed by atoms with Crippen molar-refractivity contribution in [3.63, 3.8) is 0 Å². The summed E-state index contributed by atoms with van der Waals surface area (Å²) in [5, 5.41) is 17.3. The Bertz CT molecular complexity index is 978. The van der Waals surface area contributed by atoms with Crippen LogP contribution in [0.15, 0.2) is 36.5 Å². The Hall–Kier alpha value is -3.29. The number of tetrazole rings is 1. The van der Waals surface area contributed by atoms with E-state index in [-0.39, 0.29) is 5.91 Å². The third-order valence-electron chi connectivity index (χ3n) is 5.55. The number of anilines is 3. The number of H-pyrrole nitrogens is 1. The fraction of sp³-hybridized carbons (Fsp3) is 0.350. The zero-order valence-corrected chi connectivity index (χ0v) is 15.4. The number of fused-ring (bicyclic) bond motifs is 1. The van der Waals surface area contributed by atoms with Gasteiger partial charge in [0.2, 0.25) is 11.7 Å². The quantitative estimate of drug-likeness (QED) is 0.726. The first-order chi connectivity index (χ1) is 13.8. The number of aromatic amines is 1. The van der Waals surface area contributed by atoms with Gasteiger partial charge >= 0.3 is 0 Å². The molecule has 8 nitrogen and oxygen atoms in total. The van der Waals surface area contributed by atoms with Gasteiger partial charge in [0, 0.05) is 36.0 Å². The summed E-state index contributed by atoms with van der Waals surface area (Å²) in [6, 6.07) is 10.1. The molecule has 28 heavy (non-hydrogen) atoms. The van der Waals surface area contributed by atoms with Gasteiger partial charge in [-0.1, -0.05) is 12.8 Å². The maximum atomic E-state index is 12.6. The predicted molar refractivity (Wildman–Crippen MR) is 105 cm³/mol. The van der Waals surface area contributed by atoms with Gasteiger partial charge < -0.3 is 10.2 Å². The highest BCUT2D eigenvalue weighted by Crippen LogP contribution is 2.36. The Morgan fingerprint density at radius 2 is 1.93 bits per heavy atom. The Labute approximate surface area is 162 Å². The number of aromatic nitrogens is 5. The largest absolute Gasteiger partial charge is 0.340 e. The molecule has 1 aliphatic carbocycles. The zero-order chi connectivity index (χ0) is 18.9. The average molecular weight is 375 g/mol. The number of nitrogens with zero attached hydrogens (tertiary/aromatic N) is 5. The molecular formula is C20H21N7O. The lowest BCUT2D eigenvalue weighted by atomic mass is 10.0. The van der Waals surface area contributed by atoms with Crippen molar-refractivity contribution < 1.29 is 4.79 Å². The summed E-state index contributed by atoms with van der Waals surface area (Å²) >= 11 is 0. The molecule has 1 aromatic carbocycles. The van der Waals surface area contributed by atoms with Crippen LogP contribution in [0.25, 0.3) is 11.4 Å². The Kier molecular flexibility index (Phi) is 4.23. The second-order valence-electron chi connectivity index (χ2n) is 7.34. The van der Waals surface area contributed by atoms with Crippen LogP contribution in [-0.4, -0.2) is 37.6 Å². The minimum Gasteiger partial charge on any atom is -0.340 e. The van der Waals surface area contributed by atoms with E-state index in [1.807, 2.05) is 41.4 Å². The molecular weight excluding hydrogens is 354 g/mol. The van der Waals surface area contributed by atoms with Gasteiger partial charge in [0.05, 0.1) is 5.69 Å². The highest BCUT2D eigenvalue weighted by molar-refractivity contribution is 5.97. The molecule has 0 atom stereocenters. The van der Waals surface area contributed by atoms with Crippen molar-refractivity contribution in [2.45, 2.75) is 44.6 Å². The number of pyridine rings is 1. The topological polar surface area (TPSA) is 99.7 Å². The molecule has 2 aliphatic rings. The van der Waals surface area contributed by atoms with Gasteiger partial charge in [0.15, 0.2) is 0 Å². The van der Waals surface area contributed by atoms with Crippen LogP contribution >= 0.6 is 0 Å². The number of hydrogen-bond acceptors (Lipinski definition) is 6. The first kappa shape index (κ1) is 16.9. The lowest BCUT2D eigenvalue weighted by Gasteiger charge is -2.34. The summed E-state index contributed by atoms with van der Waals surface area (Å²) < 4.78 is 0. The van der Waals surface area contributed by atoms with E-state index in [1.54, 1.807) is 0 Å². The van der Waals surface area contributed by atoms with Gasteiger partial charge in [-0.15, -0.1) is 10.2 Å². The van der Waals surface area contributed by atoms with Gasteiger partial charge in [-0.05, 0) is 54.3 Å². The molecule has 1 amide bonds. The van der Waals surface area contributed by atoms with E-state index in [2.05, 4.69) is 30.9 Å². The summed E-state index contributed by atoms with van der Waals surface area (Å²) in [6.07, 6.45) is 7.83. The zero-order valence-electron chi connectivity index (χ0n) is 15.4. The van der Waals surface area contributed by atoms with Crippen LogP contribution in [-0.2, 0) is 11.2 Å². The number of carbonyl (C=O) groups is 1. The lowest BCUT2D eigenvalue weighted by molar-refractivity contribution is -0.119. The predicted octanol–water partition coefficient (Wildman–Crippen LogP) is 3.23. The Morgan fingerprint density at radius 1 is 1.11 bits per heavy atom. The number of carbonyl (C=O) groups excluding carboxylic acids is 1. The van der Waals surface area contributed by atoms with Gasteiger partial charge in [-0.2, -0.15) is 5.21 Å². The van der Waals surface area contributed by atoms with Crippen LogP contribution in [0.4, 0.5) is 17.2 Å². The molecule has 3 heterocycles. The second-order valence-corrected chi connectivity index (χ2v) is 7.34. The number of benzene rings is 1. The summed E-state index contributed by atoms with van der Waals surface area (Å²) in [5.74, 6) is 1.54. The van der Waals surface area contributed by atoms with E-state index in [1.165, 1.54) is 12.8 Å². The van der Waals surface area contributed by atoms with E-state index in [0.29, 0.717) is 18.3 Å². The van der Waals surface area contributed by atoms with Crippen molar-refractivity contribution >= 4 is 23.1 Å². The first-order valence-electron chi connectivity index (χ1n) is 9.70. The molecule has 0 spiro atoms. The highest BCUT2D eigenvalue weighted by atomic mass is 16.2. The van der Waals surface area contributed by atoms with E-state index in [9.17, 15) is 4.79 Å². The van der Waals surface area contributed by atoms with Crippen molar-refractivity contribution in [3.8, 4) is 11.4 Å². The normalized spacial score (nSPS) is 17.0. The summed E-state index contributed by atoms with van der Waals surface area (Å²) in [7, 11) is 0. The number of aryl methyl sites for hydroxylation is 1.